The SMILES string of the molecule is Cc1cccc([N+](=O)[O-])c1C(=O)NCCCC(C)Cl. The van der Waals surface area contributed by atoms with Gasteiger partial charge in [-0.2, -0.15) is 0 Å². The number of halogens is 1. The van der Waals surface area contributed by atoms with E-state index in [1.54, 1.807) is 19.1 Å². The summed E-state index contributed by atoms with van der Waals surface area (Å²) in [5, 5.41) is 13.7. The third-order valence-corrected chi connectivity index (χ3v) is 2.96. The molecule has 0 saturated heterocycles. The van der Waals surface area contributed by atoms with Crippen LogP contribution in [0.1, 0.15) is 35.7 Å². The number of nitrogens with zero attached hydrogens (tertiary/aromatic N) is 1. The highest BCUT2D eigenvalue weighted by Crippen LogP contribution is 2.21. The van der Waals surface area contributed by atoms with Gasteiger partial charge in [0.05, 0.1) is 4.92 Å². The van der Waals surface area contributed by atoms with Gasteiger partial charge in [0.2, 0.25) is 0 Å². The fraction of sp³-hybridized carbons (Fsp3) is 0.462. The third kappa shape index (κ3) is 4.52. The first-order chi connectivity index (χ1) is 8.93. The summed E-state index contributed by atoms with van der Waals surface area (Å²) in [4.78, 5) is 22.4. The number of hydrogen-bond acceptors (Lipinski definition) is 3. The Hall–Kier alpha value is -1.62. The van der Waals surface area contributed by atoms with Crippen LogP contribution >= 0.6 is 11.6 Å². The smallest absolute Gasteiger partial charge is 0.282 e. The average Bonchev–Trinajstić information content (AvgIpc) is 2.33. The van der Waals surface area contributed by atoms with Crippen LogP contribution in [0.25, 0.3) is 0 Å². The molecule has 6 heteroatoms. The molecule has 1 amide bonds. The van der Waals surface area contributed by atoms with Crippen LogP contribution in [0.4, 0.5) is 5.69 Å². The van der Waals surface area contributed by atoms with E-state index in [9.17, 15) is 14.9 Å². The number of alkyl halides is 1. The number of carbonyl (C=O) groups is 1. The Kier molecular flexibility index (Phi) is 5.76. The molecular weight excluding hydrogens is 268 g/mol. The second-order valence-corrected chi connectivity index (χ2v) is 5.15. The van der Waals surface area contributed by atoms with Crippen molar-refractivity contribution in [2.45, 2.75) is 32.1 Å². The molecule has 1 aromatic rings. The lowest BCUT2D eigenvalue weighted by atomic mass is 10.1. The Morgan fingerprint density at radius 3 is 2.79 bits per heavy atom. The van der Waals surface area contributed by atoms with Crippen molar-refractivity contribution in [1.29, 1.82) is 0 Å². The van der Waals surface area contributed by atoms with E-state index in [-0.39, 0.29) is 16.6 Å². The van der Waals surface area contributed by atoms with Gasteiger partial charge in [0.1, 0.15) is 5.56 Å². The molecule has 0 fully saturated rings. The van der Waals surface area contributed by atoms with Gasteiger partial charge in [-0.1, -0.05) is 12.1 Å². The van der Waals surface area contributed by atoms with Gasteiger partial charge in [-0.25, -0.2) is 0 Å². The van der Waals surface area contributed by atoms with Crippen molar-refractivity contribution < 1.29 is 9.72 Å². The Morgan fingerprint density at radius 1 is 1.53 bits per heavy atom. The first-order valence-electron chi connectivity index (χ1n) is 6.09. The summed E-state index contributed by atoms with van der Waals surface area (Å²) in [5.74, 6) is -0.410. The summed E-state index contributed by atoms with van der Waals surface area (Å²) in [5.41, 5.74) is 0.562. The number of nitro groups is 1. The molecular formula is C13H17ClN2O3. The number of aryl methyl sites for hydroxylation is 1. The van der Waals surface area contributed by atoms with Gasteiger partial charge < -0.3 is 5.32 Å². The monoisotopic (exact) mass is 284 g/mol. The molecule has 0 radical (unpaired) electrons. The Bertz CT molecular complexity index is 475. The standard InChI is InChI=1S/C13H17ClN2O3/c1-9-5-3-7-11(16(18)19)12(9)13(17)15-8-4-6-10(2)14/h3,5,7,10H,4,6,8H2,1-2H3,(H,15,17). The van der Waals surface area contributed by atoms with Crippen LogP contribution in [0.15, 0.2) is 18.2 Å². The van der Waals surface area contributed by atoms with Crippen LogP contribution < -0.4 is 5.32 Å². The number of carbonyl (C=O) groups excluding carboxylic acids is 1. The molecule has 1 atom stereocenters. The predicted octanol–water partition coefficient (Wildman–Crippen LogP) is 3.04. The zero-order valence-electron chi connectivity index (χ0n) is 11.0. The van der Waals surface area contributed by atoms with Gasteiger partial charge in [-0.15, -0.1) is 11.6 Å². The highest BCUT2D eigenvalue weighted by atomic mass is 35.5. The van der Waals surface area contributed by atoms with Crippen LogP contribution in [-0.4, -0.2) is 22.8 Å². The number of amides is 1. The number of hydrogen-bond donors (Lipinski definition) is 1. The maximum Gasteiger partial charge on any atom is 0.282 e. The second kappa shape index (κ2) is 7.09. The average molecular weight is 285 g/mol. The lowest BCUT2D eigenvalue weighted by Gasteiger charge is -2.08. The summed E-state index contributed by atoms with van der Waals surface area (Å²) < 4.78 is 0. The zero-order valence-corrected chi connectivity index (χ0v) is 11.7. The minimum atomic E-state index is -0.539. The molecule has 19 heavy (non-hydrogen) atoms. The molecule has 1 unspecified atom stereocenters. The van der Waals surface area contributed by atoms with E-state index in [0.717, 1.165) is 12.8 Å². The molecule has 5 nitrogen and oxygen atoms in total. The Balaban J connectivity index is 2.74. The van der Waals surface area contributed by atoms with Gasteiger partial charge in [0, 0.05) is 18.0 Å². The number of benzene rings is 1. The molecule has 0 aliphatic rings. The predicted molar refractivity (Wildman–Crippen MR) is 74.7 cm³/mol. The van der Waals surface area contributed by atoms with E-state index < -0.39 is 10.8 Å². The first kappa shape index (κ1) is 15.4. The lowest BCUT2D eigenvalue weighted by Crippen LogP contribution is -2.26. The molecule has 0 aromatic heterocycles. The van der Waals surface area contributed by atoms with Crippen molar-refractivity contribution >= 4 is 23.2 Å². The van der Waals surface area contributed by atoms with Crippen LogP contribution in [0, 0.1) is 17.0 Å². The first-order valence-corrected chi connectivity index (χ1v) is 6.53. The van der Waals surface area contributed by atoms with Crippen molar-refractivity contribution in [3.63, 3.8) is 0 Å². The van der Waals surface area contributed by atoms with Crippen molar-refractivity contribution in [2.75, 3.05) is 6.54 Å². The summed E-state index contributed by atoms with van der Waals surface area (Å²) >= 11 is 5.80. The molecule has 0 heterocycles. The van der Waals surface area contributed by atoms with Crippen LogP contribution in [0.2, 0.25) is 0 Å². The van der Waals surface area contributed by atoms with Gasteiger partial charge in [-0.05, 0) is 32.3 Å². The normalized spacial score (nSPS) is 11.9. The van der Waals surface area contributed by atoms with E-state index in [0.29, 0.717) is 12.1 Å². The van der Waals surface area contributed by atoms with E-state index in [1.165, 1.54) is 6.07 Å². The zero-order chi connectivity index (χ0) is 14.4. The Labute approximate surface area is 117 Å². The molecule has 1 rings (SSSR count). The van der Waals surface area contributed by atoms with Crippen molar-refractivity contribution in [3.8, 4) is 0 Å². The summed E-state index contributed by atoms with van der Waals surface area (Å²) in [7, 11) is 0. The van der Waals surface area contributed by atoms with E-state index in [2.05, 4.69) is 5.32 Å². The Morgan fingerprint density at radius 2 is 2.21 bits per heavy atom. The van der Waals surface area contributed by atoms with E-state index >= 15 is 0 Å². The van der Waals surface area contributed by atoms with Gasteiger partial charge in [-0.3, -0.25) is 14.9 Å². The van der Waals surface area contributed by atoms with Crippen LogP contribution in [0.3, 0.4) is 0 Å². The van der Waals surface area contributed by atoms with E-state index in [4.69, 9.17) is 11.6 Å². The summed E-state index contributed by atoms with van der Waals surface area (Å²) in [6, 6.07) is 4.59. The number of rotatable bonds is 6. The number of nitro benzene ring substituents is 1. The van der Waals surface area contributed by atoms with Crippen LogP contribution in [-0.2, 0) is 0 Å². The highest BCUT2D eigenvalue weighted by molar-refractivity contribution is 6.20. The van der Waals surface area contributed by atoms with Crippen molar-refractivity contribution in [2.24, 2.45) is 0 Å². The van der Waals surface area contributed by atoms with Crippen molar-refractivity contribution in [1.82, 2.24) is 5.32 Å². The molecule has 0 spiro atoms. The molecule has 104 valence electrons. The molecule has 1 aromatic carbocycles. The van der Waals surface area contributed by atoms with Crippen LogP contribution in [0.5, 0.6) is 0 Å². The number of nitrogens with one attached hydrogen (secondary N) is 1. The molecule has 0 bridgehead atoms. The molecule has 0 aliphatic carbocycles. The van der Waals surface area contributed by atoms with E-state index in [1.807, 2.05) is 6.92 Å². The maximum atomic E-state index is 12.0. The third-order valence-electron chi connectivity index (χ3n) is 2.74. The van der Waals surface area contributed by atoms with Gasteiger partial charge >= 0.3 is 0 Å². The fourth-order valence-electron chi connectivity index (χ4n) is 1.77. The molecule has 0 aliphatic heterocycles. The largest absolute Gasteiger partial charge is 0.352 e. The van der Waals surface area contributed by atoms with Gasteiger partial charge in [0.15, 0.2) is 0 Å². The lowest BCUT2D eigenvalue weighted by molar-refractivity contribution is -0.385. The fourth-order valence-corrected chi connectivity index (χ4v) is 1.93. The van der Waals surface area contributed by atoms with Crippen molar-refractivity contribution in [3.05, 3.63) is 39.4 Å². The molecule has 1 N–H and O–H groups in total. The quantitative estimate of drug-likeness (QED) is 0.378. The maximum absolute atomic E-state index is 12.0. The summed E-state index contributed by atoms with van der Waals surface area (Å²) in [6.07, 6.45) is 1.54. The molecule has 0 saturated carbocycles. The highest BCUT2D eigenvalue weighted by Gasteiger charge is 2.21. The minimum absolute atomic E-state index is 0.0599. The second-order valence-electron chi connectivity index (χ2n) is 4.41. The minimum Gasteiger partial charge on any atom is -0.352 e. The summed E-state index contributed by atoms with van der Waals surface area (Å²) in [6.45, 7) is 4.03. The van der Waals surface area contributed by atoms with Gasteiger partial charge in [0.25, 0.3) is 11.6 Å². The topological polar surface area (TPSA) is 72.2 Å².